The van der Waals surface area contributed by atoms with Gasteiger partial charge in [-0.2, -0.15) is 0 Å². The summed E-state index contributed by atoms with van der Waals surface area (Å²) < 4.78 is 5.42. The van der Waals surface area contributed by atoms with Gasteiger partial charge in [0.25, 0.3) is 5.91 Å². The SMILES string of the molecule is O=C(OCC(=O)N1CCCCCC1)c1cc(-c2ccc(Cl)c(Cl)c2Cl)nc2ccccc12. The molecule has 0 spiro atoms. The van der Waals surface area contributed by atoms with Gasteiger partial charge in [0.15, 0.2) is 6.61 Å². The smallest absolute Gasteiger partial charge is 0.339 e. The lowest BCUT2D eigenvalue weighted by Gasteiger charge is -2.20. The van der Waals surface area contributed by atoms with E-state index in [2.05, 4.69) is 4.98 Å². The van der Waals surface area contributed by atoms with E-state index in [9.17, 15) is 9.59 Å². The molecule has 0 N–H and O–H groups in total. The number of hydrogen-bond donors (Lipinski definition) is 0. The summed E-state index contributed by atoms with van der Waals surface area (Å²) in [5.74, 6) is -0.768. The highest BCUT2D eigenvalue weighted by molar-refractivity contribution is 6.49. The van der Waals surface area contributed by atoms with Crippen LogP contribution >= 0.6 is 34.8 Å². The monoisotopic (exact) mass is 490 g/mol. The molecule has 166 valence electrons. The second-order valence-electron chi connectivity index (χ2n) is 7.67. The first-order chi connectivity index (χ1) is 15.5. The van der Waals surface area contributed by atoms with E-state index in [-0.39, 0.29) is 22.6 Å². The molecule has 32 heavy (non-hydrogen) atoms. The maximum Gasteiger partial charge on any atom is 0.339 e. The number of carbonyl (C=O) groups excluding carboxylic acids is 2. The molecule has 1 saturated heterocycles. The summed E-state index contributed by atoms with van der Waals surface area (Å²) in [4.78, 5) is 31.9. The lowest BCUT2D eigenvalue weighted by atomic mass is 10.0. The van der Waals surface area contributed by atoms with Crippen molar-refractivity contribution < 1.29 is 14.3 Å². The van der Waals surface area contributed by atoms with Crippen LogP contribution in [0.2, 0.25) is 15.1 Å². The largest absolute Gasteiger partial charge is 0.452 e. The third-order valence-corrected chi connectivity index (χ3v) is 6.83. The van der Waals surface area contributed by atoms with Crippen molar-refractivity contribution in [2.24, 2.45) is 0 Å². The molecular weight excluding hydrogens is 471 g/mol. The van der Waals surface area contributed by atoms with Gasteiger partial charge in [0.2, 0.25) is 0 Å². The fourth-order valence-corrected chi connectivity index (χ4v) is 4.45. The van der Waals surface area contributed by atoms with Crippen LogP contribution in [0.5, 0.6) is 0 Å². The van der Waals surface area contributed by atoms with Crippen molar-refractivity contribution in [3.63, 3.8) is 0 Å². The molecule has 0 saturated carbocycles. The van der Waals surface area contributed by atoms with Crippen LogP contribution in [0.15, 0.2) is 42.5 Å². The van der Waals surface area contributed by atoms with Crippen LogP contribution in [0.3, 0.4) is 0 Å². The number of ether oxygens (including phenoxy) is 1. The number of benzene rings is 2. The quantitative estimate of drug-likeness (QED) is 0.312. The van der Waals surface area contributed by atoms with Gasteiger partial charge < -0.3 is 9.64 Å². The highest BCUT2D eigenvalue weighted by atomic mass is 35.5. The van der Waals surface area contributed by atoms with Crippen LogP contribution < -0.4 is 0 Å². The zero-order chi connectivity index (χ0) is 22.7. The number of amides is 1. The van der Waals surface area contributed by atoms with Crippen LogP contribution in [0, 0.1) is 0 Å². The summed E-state index contributed by atoms with van der Waals surface area (Å²) in [6, 6.07) is 12.2. The number of rotatable bonds is 4. The van der Waals surface area contributed by atoms with E-state index < -0.39 is 5.97 Å². The summed E-state index contributed by atoms with van der Waals surface area (Å²) in [6.07, 6.45) is 4.18. The van der Waals surface area contributed by atoms with Crippen molar-refractivity contribution in [1.29, 1.82) is 0 Å². The van der Waals surface area contributed by atoms with Gasteiger partial charge in [0.05, 0.1) is 31.8 Å². The number of esters is 1. The number of fused-ring (bicyclic) bond motifs is 1. The minimum Gasteiger partial charge on any atom is -0.452 e. The van der Waals surface area contributed by atoms with E-state index in [4.69, 9.17) is 39.5 Å². The van der Waals surface area contributed by atoms with Gasteiger partial charge in [0.1, 0.15) is 0 Å². The molecule has 0 unspecified atom stereocenters. The van der Waals surface area contributed by atoms with Crippen molar-refractivity contribution in [3.05, 3.63) is 63.1 Å². The average molecular weight is 492 g/mol. The maximum absolute atomic E-state index is 13.0. The molecule has 1 aliphatic heterocycles. The molecule has 0 aliphatic carbocycles. The van der Waals surface area contributed by atoms with Crippen LogP contribution in [0.25, 0.3) is 22.2 Å². The summed E-state index contributed by atoms with van der Waals surface area (Å²) in [5.41, 5.74) is 1.90. The number of nitrogens with zero attached hydrogens (tertiary/aromatic N) is 2. The molecule has 4 rings (SSSR count). The van der Waals surface area contributed by atoms with E-state index in [1.54, 1.807) is 35.2 Å². The van der Waals surface area contributed by atoms with Crippen molar-refractivity contribution in [3.8, 4) is 11.3 Å². The Kier molecular flexibility index (Phi) is 7.19. The third kappa shape index (κ3) is 4.85. The minimum absolute atomic E-state index is 0.175. The number of likely N-dealkylation sites (tertiary alicyclic amines) is 1. The van der Waals surface area contributed by atoms with E-state index >= 15 is 0 Å². The normalized spacial score (nSPS) is 14.3. The lowest BCUT2D eigenvalue weighted by Crippen LogP contribution is -2.35. The van der Waals surface area contributed by atoms with Crippen molar-refractivity contribution in [1.82, 2.24) is 9.88 Å². The van der Waals surface area contributed by atoms with Crippen LogP contribution in [-0.2, 0) is 9.53 Å². The molecule has 5 nitrogen and oxygen atoms in total. The summed E-state index contributed by atoms with van der Waals surface area (Å²) in [5, 5.41) is 1.41. The first-order valence-electron chi connectivity index (χ1n) is 10.4. The number of carbonyl (C=O) groups is 2. The van der Waals surface area contributed by atoms with Crippen LogP contribution in [-0.4, -0.2) is 41.5 Å². The lowest BCUT2D eigenvalue weighted by molar-refractivity contribution is -0.134. The summed E-state index contributed by atoms with van der Waals surface area (Å²) in [7, 11) is 0. The Morgan fingerprint density at radius 1 is 0.938 bits per heavy atom. The zero-order valence-electron chi connectivity index (χ0n) is 17.2. The topological polar surface area (TPSA) is 59.5 Å². The molecule has 0 bridgehead atoms. The van der Waals surface area contributed by atoms with Gasteiger partial charge >= 0.3 is 5.97 Å². The van der Waals surface area contributed by atoms with E-state index in [0.717, 1.165) is 25.7 Å². The second-order valence-corrected chi connectivity index (χ2v) is 8.83. The van der Waals surface area contributed by atoms with Gasteiger partial charge in [-0.15, -0.1) is 0 Å². The highest BCUT2D eigenvalue weighted by Crippen LogP contribution is 2.38. The van der Waals surface area contributed by atoms with E-state index in [1.165, 1.54) is 0 Å². The fourth-order valence-electron chi connectivity index (χ4n) is 3.82. The van der Waals surface area contributed by atoms with Crippen molar-refractivity contribution in [2.45, 2.75) is 25.7 Å². The molecule has 2 heterocycles. The number of hydrogen-bond acceptors (Lipinski definition) is 4. The number of para-hydroxylation sites is 1. The second kappa shape index (κ2) is 10.1. The highest BCUT2D eigenvalue weighted by Gasteiger charge is 2.21. The zero-order valence-corrected chi connectivity index (χ0v) is 19.5. The van der Waals surface area contributed by atoms with Gasteiger partial charge in [-0.3, -0.25) is 4.79 Å². The predicted molar refractivity (Wildman–Crippen MR) is 128 cm³/mol. The Morgan fingerprint density at radius 2 is 1.66 bits per heavy atom. The van der Waals surface area contributed by atoms with Crippen LogP contribution in [0.1, 0.15) is 36.0 Å². The molecule has 1 aromatic heterocycles. The summed E-state index contributed by atoms with van der Waals surface area (Å²) in [6.45, 7) is 1.11. The molecule has 1 amide bonds. The maximum atomic E-state index is 13.0. The molecule has 8 heteroatoms. The Balaban J connectivity index is 1.63. The number of halogens is 3. The number of aromatic nitrogens is 1. The number of pyridine rings is 1. The van der Waals surface area contributed by atoms with Gasteiger partial charge in [0, 0.05) is 24.0 Å². The summed E-state index contributed by atoms with van der Waals surface area (Å²) >= 11 is 18.6. The van der Waals surface area contributed by atoms with Crippen molar-refractivity contribution >= 4 is 57.6 Å². The van der Waals surface area contributed by atoms with Gasteiger partial charge in [-0.25, -0.2) is 9.78 Å². The molecule has 0 radical (unpaired) electrons. The first kappa shape index (κ1) is 22.8. The Bertz CT molecular complexity index is 1170. The minimum atomic E-state index is -0.593. The molecule has 1 fully saturated rings. The van der Waals surface area contributed by atoms with Crippen LogP contribution in [0.4, 0.5) is 0 Å². The van der Waals surface area contributed by atoms with Gasteiger partial charge in [-0.1, -0.05) is 65.8 Å². The average Bonchev–Trinajstić information content (AvgIpc) is 3.10. The molecule has 1 aliphatic rings. The molecule has 0 atom stereocenters. The third-order valence-electron chi connectivity index (χ3n) is 5.53. The predicted octanol–water partition coefficient (Wildman–Crippen LogP) is 6.42. The van der Waals surface area contributed by atoms with Gasteiger partial charge in [-0.05, 0) is 37.1 Å². The molecule has 2 aromatic carbocycles. The Morgan fingerprint density at radius 3 is 2.41 bits per heavy atom. The first-order valence-corrected chi connectivity index (χ1v) is 11.6. The van der Waals surface area contributed by atoms with Crippen molar-refractivity contribution in [2.75, 3.05) is 19.7 Å². The Hall–Kier alpha value is -2.34. The van der Waals surface area contributed by atoms with E-state index in [1.807, 2.05) is 12.1 Å². The van der Waals surface area contributed by atoms with E-state index in [0.29, 0.717) is 45.8 Å². The standard InChI is InChI=1S/C24H21Cl3N2O3/c25-18-10-9-16(22(26)23(18)27)20-13-17(15-7-3-4-8-19(15)28-20)24(31)32-14-21(30)29-11-5-1-2-6-12-29/h3-4,7-10,13H,1-2,5-6,11-12,14H2. The fraction of sp³-hybridized carbons (Fsp3) is 0.292. The molecular formula is C24H21Cl3N2O3. The molecule has 3 aromatic rings. The Labute approximate surface area is 201 Å².